The van der Waals surface area contributed by atoms with Gasteiger partial charge < -0.3 is 46.9 Å². The molecule has 1 heterocycles. The van der Waals surface area contributed by atoms with Crippen LogP contribution in [0.2, 0.25) is 0 Å². The molecule has 0 saturated heterocycles. The quantitative estimate of drug-likeness (QED) is 0.0405. The molecule has 16 heteroatoms. The van der Waals surface area contributed by atoms with Crippen LogP contribution in [0.25, 0.3) is 10.4 Å². The van der Waals surface area contributed by atoms with E-state index in [0.717, 1.165) is 57.8 Å². The highest BCUT2D eigenvalue weighted by atomic mass is 32.1. The zero-order chi connectivity index (χ0) is 42.3. The lowest BCUT2D eigenvalue weighted by Gasteiger charge is -2.18. The van der Waals surface area contributed by atoms with E-state index in [-0.39, 0.29) is 80.4 Å². The van der Waals surface area contributed by atoms with Gasteiger partial charge in [0.2, 0.25) is 11.8 Å². The molecule has 0 radical (unpaired) electrons. The molecule has 0 saturated carbocycles. The van der Waals surface area contributed by atoms with Crippen molar-refractivity contribution in [3.8, 4) is 16.2 Å². The fourth-order valence-corrected chi connectivity index (χ4v) is 7.27. The number of amides is 4. The van der Waals surface area contributed by atoms with Crippen LogP contribution in [0.5, 0.6) is 5.75 Å². The number of hydrogen-bond acceptors (Lipinski definition) is 12. The Morgan fingerprint density at radius 3 is 2.42 bits per heavy atom. The first-order chi connectivity index (χ1) is 28.4. The fourth-order valence-electron chi connectivity index (χ4n) is 6.46. The molecule has 1 aliphatic carbocycles. The summed E-state index contributed by atoms with van der Waals surface area (Å²) in [7, 11) is 1.52. The number of phenols is 1. The highest BCUT2D eigenvalue weighted by molar-refractivity contribution is 7.13. The number of nitrogens with zero attached hydrogens (tertiary/aromatic N) is 2. The Morgan fingerprint density at radius 2 is 1.69 bits per heavy atom. The maximum atomic E-state index is 13.0. The third-order valence-electron chi connectivity index (χ3n) is 9.78. The van der Waals surface area contributed by atoms with E-state index >= 15 is 0 Å². The number of nitrogens with one attached hydrogen (secondary N) is 3. The van der Waals surface area contributed by atoms with Gasteiger partial charge in [0.25, 0.3) is 11.8 Å². The Hall–Kier alpha value is -5.94. The maximum absolute atomic E-state index is 13.0. The summed E-state index contributed by atoms with van der Waals surface area (Å²) in [5, 5.41) is 19.0. The van der Waals surface area contributed by atoms with Gasteiger partial charge in [-0.2, -0.15) is 0 Å². The lowest BCUT2D eigenvalue weighted by molar-refractivity contribution is -0.122. The molecule has 1 unspecified atom stereocenters. The number of aryl methyl sites for hydroxylation is 2. The number of rotatable bonds is 21. The van der Waals surface area contributed by atoms with Crippen LogP contribution >= 0.6 is 11.3 Å². The van der Waals surface area contributed by atoms with E-state index in [1.165, 1.54) is 24.1 Å². The Labute approximate surface area is 347 Å². The molecule has 59 heavy (non-hydrogen) atoms. The number of fused-ring (bicyclic) bond motifs is 1. The number of likely N-dealkylation sites (N-methyl/N-ethyl adjacent to an activating group) is 1. The molecule has 3 aromatic carbocycles. The van der Waals surface area contributed by atoms with Crippen LogP contribution in [-0.2, 0) is 30.3 Å². The zero-order valence-electron chi connectivity index (χ0n) is 33.2. The summed E-state index contributed by atoms with van der Waals surface area (Å²) in [5.41, 5.74) is 18.8. The molecule has 0 bridgehead atoms. The number of allylic oxidation sites excluding steroid dienone is 1. The van der Waals surface area contributed by atoms with Gasteiger partial charge in [-0.25, -0.2) is 4.98 Å². The molecule has 8 N–H and O–H groups in total. The molecule has 1 aliphatic rings. The first kappa shape index (κ1) is 44.2. The van der Waals surface area contributed by atoms with Gasteiger partial charge in [-0.15, -0.1) is 11.3 Å². The summed E-state index contributed by atoms with van der Waals surface area (Å²) < 4.78 is 11.0. The van der Waals surface area contributed by atoms with Crippen LogP contribution in [0.4, 0.5) is 0 Å². The normalized spacial score (nSPS) is 13.9. The lowest BCUT2D eigenvalue weighted by atomic mass is 10.0. The number of carbonyl (C=O) groups is 5. The highest BCUT2D eigenvalue weighted by Crippen LogP contribution is 2.31. The molecule has 0 spiro atoms. The smallest absolute Gasteiger partial charge is 0.267 e. The van der Waals surface area contributed by atoms with Crippen molar-refractivity contribution in [2.45, 2.75) is 44.7 Å². The first-order valence-electron chi connectivity index (χ1n) is 19.3. The zero-order valence-corrected chi connectivity index (χ0v) is 34.0. The van der Waals surface area contributed by atoms with Gasteiger partial charge in [0.15, 0.2) is 5.78 Å². The molecule has 5 rings (SSSR count). The van der Waals surface area contributed by atoms with E-state index in [2.05, 4.69) is 20.9 Å². The van der Waals surface area contributed by atoms with Crippen LogP contribution in [-0.4, -0.2) is 97.5 Å². The second-order valence-corrected chi connectivity index (χ2v) is 14.9. The highest BCUT2D eigenvalue weighted by Gasteiger charge is 2.25. The number of benzene rings is 3. The van der Waals surface area contributed by atoms with Crippen molar-refractivity contribution >= 4 is 40.7 Å². The van der Waals surface area contributed by atoms with Gasteiger partial charge in [-0.3, -0.25) is 24.0 Å². The predicted octanol–water partition coefficient (Wildman–Crippen LogP) is 3.47. The van der Waals surface area contributed by atoms with Crippen molar-refractivity contribution in [1.29, 1.82) is 0 Å². The molecular formula is C43H51N7O8S. The van der Waals surface area contributed by atoms with Crippen LogP contribution in [0.3, 0.4) is 0 Å². The number of ether oxygens (including phenoxy) is 2. The van der Waals surface area contributed by atoms with E-state index in [1.54, 1.807) is 11.3 Å². The molecule has 4 amide bonds. The Bertz CT molecular complexity index is 2140. The number of aromatic hydroxyl groups is 1. The molecule has 312 valence electrons. The van der Waals surface area contributed by atoms with Gasteiger partial charge in [0, 0.05) is 57.2 Å². The average Bonchev–Trinajstić information content (AvgIpc) is 3.85. The number of carbonyl (C=O) groups excluding carboxylic acids is 5. The molecule has 0 aliphatic heterocycles. The second-order valence-electron chi connectivity index (χ2n) is 14.1. The van der Waals surface area contributed by atoms with E-state index in [1.807, 2.05) is 61.0 Å². The number of nitrogens with two attached hydrogens (primary N) is 2. The second kappa shape index (κ2) is 21.7. The molecule has 4 aromatic rings. The van der Waals surface area contributed by atoms with E-state index in [9.17, 15) is 29.1 Å². The van der Waals surface area contributed by atoms with E-state index in [4.69, 9.17) is 20.9 Å². The number of hydrogen-bond donors (Lipinski definition) is 6. The summed E-state index contributed by atoms with van der Waals surface area (Å²) in [4.78, 5) is 69.9. The van der Waals surface area contributed by atoms with Crippen LogP contribution in [0.15, 0.2) is 84.0 Å². The number of phenolic OH excluding ortho intramolecular Hbond substituents is 1. The lowest BCUT2D eigenvalue weighted by Crippen LogP contribution is -2.36. The Morgan fingerprint density at radius 1 is 0.966 bits per heavy atom. The molecule has 0 fully saturated rings. The summed E-state index contributed by atoms with van der Waals surface area (Å²) >= 11 is 1.58. The monoisotopic (exact) mass is 825 g/mol. The van der Waals surface area contributed by atoms with Crippen molar-refractivity contribution < 1.29 is 38.6 Å². The number of ketones is 1. The van der Waals surface area contributed by atoms with Gasteiger partial charge >= 0.3 is 0 Å². The molecule has 1 aromatic heterocycles. The van der Waals surface area contributed by atoms with Gasteiger partial charge in [-0.1, -0.05) is 48.5 Å². The first-order valence-corrected chi connectivity index (χ1v) is 20.2. The summed E-state index contributed by atoms with van der Waals surface area (Å²) in [6.07, 6.45) is 2.82. The third-order valence-corrected chi connectivity index (χ3v) is 10.8. The molecular weight excluding hydrogens is 775 g/mol. The van der Waals surface area contributed by atoms with Crippen LogP contribution < -0.4 is 27.4 Å². The van der Waals surface area contributed by atoms with Crippen molar-refractivity contribution in [3.05, 3.63) is 118 Å². The summed E-state index contributed by atoms with van der Waals surface area (Å²) in [6, 6.07) is 18.9. The average molecular weight is 826 g/mol. The standard InChI is InChI=1S/C43H51N7O8S/c1-27-41(59-26-48-27)30-9-7-29(8-10-30)34(44)25-40(54)47-17-20-58-22-21-57-19-15-39(53)46-16-18-50(2)43(56)33-13-11-31(23-38(33)52)37(51)24-35(45)42(55)49-36-14-12-28-5-3-4-6-32(28)36/h3-11,13,23-24,26,34,36,52H,12,14-22,25,44-45H2,1-2H3,(H,46,53)(H,47,54)(H,49,55)/t34-,36?/m0/s1. The van der Waals surface area contributed by atoms with Crippen molar-refractivity contribution in [1.82, 2.24) is 25.8 Å². The predicted molar refractivity (Wildman–Crippen MR) is 223 cm³/mol. The number of aromatic nitrogens is 1. The van der Waals surface area contributed by atoms with Crippen LogP contribution in [0, 0.1) is 6.92 Å². The third kappa shape index (κ3) is 12.8. The maximum Gasteiger partial charge on any atom is 0.267 e. The van der Waals surface area contributed by atoms with Gasteiger partial charge in [0.05, 0.1) is 54.1 Å². The van der Waals surface area contributed by atoms with Gasteiger partial charge in [-0.05, 0) is 60.2 Å². The molecule has 2 atom stereocenters. The minimum Gasteiger partial charge on any atom is -0.507 e. The Kier molecular flexibility index (Phi) is 16.3. The van der Waals surface area contributed by atoms with Crippen molar-refractivity contribution in [2.24, 2.45) is 11.5 Å². The largest absolute Gasteiger partial charge is 0.507 e. The van der Waals surface area contributed by atoms with E-state index < -0.39 is 29.4 Å². The fraction of sp³-hybridized carbons (Fsp3) is 0.349. The van der Waals surface area contributed by atoms with Crippen LogP contribution in [0.1, 0.15) is 74.4 Å². The van der Waals surface area contributed by atoms with Crippen molar-refractivity contribution in [2.75, 3.05) is 53.1 Å². The minimum absolute atomic E-state index is 0.0348. The summed E-state index contributed by atoms with van der Waals surface area (Å²) in [6.45, 7) is 3.63. The van der Waals surface area contributed by atoms with Crippen molar-refractivity contribution in [3.63, 3.8) is 0 Å². The molecule has 15 nitrogen and oxygen atoms in total. The van der Waals surface area contributed by atoms with E-state index in [0.29, 0.717) is 13.2 Å². The minimum atomic E-state index is -0.606. The summed E-state index contributed by atoms with van der Waals surface area (Å²) in [5.74, 6) is -2.55. The SMILES string of the molecule is Cc1ncsc1-c1ccc([C@@H](N)CC(=O)NCCOCCOCCC(=O)NCCN(C)C(=O)c2ccc(C(=O)C=C(N)C(=O)NC3CCc4ccccc43)cc2O)cc1. The number of thiazole rings is 1. The Balaban J connectivity index is 0.898. The topological polar surface area (TPSA) is 228 Å². The van der Waals surface area contributed by atoms with Gasteiger partial charge in [0.1, 0.15) is 11.4 Å².